The first kappa shape index (κ1) is 16.3. The second kappa shape index (κ2) is 6.38. The Labute approximate surface area is 131 Å². The molecule has 1 amide bonds. The van der Waals surface area contributed by atoms with Crippen molar-refractivity contribution in [1.82, 2.24) is 0 Å². The Morgan fingerprint density at radius 1 is 1.36 bits per heavy atom. The number of carbonyl (C=O) groups excluding carboxylic acids is 2. The molecule has 0 fully saturated rings. The van der Waals surface area contributed by atoms with Crippen LogP contribution >= 0.6 is 0 Å². The van der Waals surface area contributed by atoms with Crippen LogP contribution in [-0.4, -0.2) is 30.6 Å². The number of unbranched alkanes of at least 4 members (excludes halogenated alkanes) is 1. The zero-order chi connectivity index (χ0) is 16.3. The van der Waals surface area contributed by atoms with E-state index in [0.29, 0.717) is 18.0 Å². The lowest BCUT2D eigenvalue weighted by molar-refractivity contribution is -0.144. The smallest absolute Gasteiger partial charge is 0.326 e. The average molecular weight is 305 g/mol. The molecule has 0 spiro atoms. The standard InChI is InChI=1S/C17H23NO4/c1-5-6-9-21-15(19)11-18-13-10-12(2)7-8-14(13)22-17(3,4)16(18)20/h7-8,10H,5-6,9,11H2,1-4H3. The molecule has 1 aromatic carbocycles. The Kier molecular flexibility index (Phi) is 4.74. The minimum Gasteiger partial charge on any atom is -0.476 e. The third-order valence-electron chi connectivity index (χ3n) is 3.58. The summed E-state index contributed by atoms with van der Waals surface area (Å²) in [5, 5.41) is 0. The first-order valence-electron chi connectivity index (χ1n) is 7.62. The third-order valence-corrected chi connectivity index (χ3v) is 3.58. The number of rotatable bonds is 5. The number of fused-ring (bicyclic) bond motifs is 1. The Hall–Kier alpha value is -2.04. The fraction of sp³-hybridized carbons (Fsp3) is 0.529. The van der Waals surface area contributed by atoms with Crippen LogP contribution in [-0.2, 0) is 14.3 Å². The number of hydrogen-bond acceptors (Lipinski definition) is 4. The topological polar surface area (TPSA) is 55.8 Å². The van der Waals surface area contributed by atoms with Crippen molar-refractivity contribution in [2.45, 2.75) is 46.1 Å². The van der Waals surface area contributed by atoms with E-state index in [1.807, 2.05) is 32.0 Å². The molecule has 120 valence electrons. The van der Waals surface area contributed by atoms with Crippen LogP contribution in [0.2, 0.25) is 0 Å². The van der Waals surface area contributed by atoms with Gasteiger partial charge in [0, 0.05) is 0 Å². The first-order chi connectivity index (χ1) is 10.3. The quantitative estimate of drug-likeness (QED) is 0.620. The van der Waals surface area contributed by atoms with Gasteiger partial charge in [-0.1, -0.05) is 19.4 Å². The molecule has 1 aliphatic heterocycles. The summed E-state index contributed by atoms with van der Waals surface area (Å²) in [6, 6.07) is 5.60. The van der Waals surface area contributed by atoms with E-state index in [1.54, 1.807) is 13.8 Å². The molecular weight excluding hydrogens is 282 g/mol. The van der Waals surface area contributed by atoms with E-state index in [0.717, 1.165) is 18.4 Å². The van der Waals surface area contributed by atoms with E-state index >= 15 is 0 Å². The SMILES string of the molecule is CCCCOC(=O)CN1C(=O)C(C)(C)Oc2ccc(C)cc21. The molecular formula is C17H23NO4. The molecule has 0 saturated carbocycles. The Balaban J connectivity index is 2.23. The summed E-state index contributed by atoms with van der Waals surface area (Å²) in [5.74, 6) is -0.0263. The highest BCUT2D eigenvalue weighted by Crippen LogP contribution is 2.38. The lowest BCUT2D eigenvalue weighted by atomic mass is 10.0. The van der Waals surface area contributed by atoms with Crippen LogP contribution in [0.4, 0.5) is 5.69 Å². The largest absolute Gasteiger partial charge is 0.476 e. The van der Waals surface area contributed by atoms with Gasteiger partial charge in [0.2, 0.25) is 0 Å². The average Bonchev–Trinajstić information content (AvgIpc) is 2.45. The lowest BCUT2D eigenvalue weighted by Crippen LogP contribution is -2.54. The number of amides is 1. The number of ether oxygens (including phenoxy) is 2. The Morgan fingerprint density at radius 2 is 2.09 bits per heavy atom. The van der Waals surface area contributed by atoms with Crippen LogP contribution in [0.15, 0.2) is 18.2 Å². The van der Waals surface area contributed by atoms with Gasteiger partial charge in [0.15, 0.2) is 5.60 Å². The number of anilines is 1. The van der Waals surface area contributed by atoms with Gasteiger partial charge in [-0.25, -0.2) is 0 Å². The van der Waals surface area contributed by atoms with Crippen LogP contribution in [0.3, 0.4) is 0 Å². The van der Waals surface area contributed by atoms with Crippen molar-refractivity contribution in [3.8, 4) is 5.75 Å². The molecule has 0 atom stereocenters. The summed E-state index contributed by atoms with van der Waals surface area (Å²) in [6.45, 7) is 7.66. The zero-order valence-electron chi connectivity index (χ0n) is 13.6. The maximum Gasteiger partial charge on any atom is 0.326 e. The maximum absolute atomic E-state index is 12.6. The first-order valence-corrected chi connectivity index (χ1v) is 7.62. The Morgan fingerprint density at radius 3 is 2.77 bits per heavy atom. The van der Waals surface area contributed by atoms with E-state index in [2.05, 4.69) is 0 Å². The zero-order valence-corrected chi connectivity index (χ0v) is 13.6. The molecule has 0 N–H and O–H groups in total. The van der Waals surface area contributed by atoms with E-state index < -0.39 is 11.6 Å². The number of hydrogen-bond donors (Lipinski definition) is 0. The molecule has 5 nitrogen and oxygen atoms in total. The summed E-state index contributed by atoms with van der Waals surface area (Å²) < 4.78 is 10.9. The molecule has 0 bridgehead atoms. The molecule has 0 aliphatic carbocycles. The van der Waals surface area contributed by atoms with Gasteiger partial charge < -0.3 is 9.47 Å². The van der Waals surface area contributed by atoms with Gasteiger partial charge in [-0.3, -0.25) is 14.5 Å². The summed E-state index contributed by atoms with van der Waals surface area (Å²) in [7, 11) is 0. The molecule has 0 aromatic heterocycles. The molecule has 22 heavy (non-hydrogen) atoms. The molecule has 1 aliphatic rings. The fourth-order valence-corrected chi connectivity index (χ4v) is 2.34. The molecule has 2 rings (SSSR count). The van der Waals surface area contributed by atoms with Gasteiger partial charge in [0.05, 0.1) is 12.3 Å². The van der Waals surface area contributed by atoms with Crippen LogP contribution < -0.4 is 9.64 Å². The van der Waals surface area contributed by atoms with Gasteiger partial charge >= 0.3 is 5.97 Å². The van der Waals surface area contributed by atoms with Crippen molar-refractivity contribution in [3.05, 3.63) is 23.8 Å². The van der Waals surface area contributed by atoms with Crippen molar-refractivity contribution in [3.63, 3.8) is 0 Å². The van der Waals surface area contributed by atoms with Gasteiger partial charge in [-0.05, 0) is 44.9 Å². The maximum atomic E-state index is 12.6. The number of aryl methyl sites for hydroxylation is 1. The minimum absolute atomic E-state index is 0.0915. The van der Waals surface area contributed by atoms with E-state index in [-0.39, 0.29) is 12.5 Å². The lowest BCUT2D eigenvalue weighted by Gasteiger charge is -2.38. The number of carbonyl (C=O) groups is 2. The summed E-state index contributed by atoms with van der Waals surface area (Å²) >= 11 is 0. The highest BCUT2D eigenvalue weighted by Gasteiger charge is 2.41. The fourth-order valence-electron chi connectivity index (χ4n) is 2.34. The second-order valence-corrected chi connectivity index (χ2v) is 6.05. The van der Waals surface area contributed by atoms with Crippen molar-refractivity contribution >= 4 is 17.6 Å². The molecule has 1 heterocycles. The van der Waals surface area contributed by atoms with E-state index in [1.165, 1.54) is 4.90 Å². The van der Waals surface area contributed by atoms with Gasteiger partial charge in [-0.2, -0.15) is 0 Å². The normalized spacial score (nSPS) is 16.0. The molecule has 0 saturated heterocycles. The number of nitrogens with zero attached hydrogens (tertiary/aromatic N) is 1. The molecule has 5 heteroatoms. The highest BCUT2D eigenvalue weighted by molar-refractivity contribution is 6.05. The van der Waals surface area contributed by atoms with Crippen LogP contribution in [0, 0.1) is 6.92 Å². The van der Waals surface area contributed by atoms with Gasteiger partial charge in [0.1, 0.15) is 12.3 Å². The van der Waals surface area contributed by atoms with Crippen LogP contribution in [0.5, 0.6) is 5.75 Å². The molecule has 0 unspecified atom stereocenters. The van der Waals surface area contributed by atoms with Crippen molar-refractivity contribution in [1.29, 1.82) is 0 Å². The van der Waals surface area contributed by atoms with E-state index in [4.69, 9.17) is 9.47 Å². The summed E-state index contributed by atoms with van der Waals surface area (Å²) in [6.07, 6.45) is 1.78. The Bertz CT molecular complexity index is 580. The van der Waals surface area contributed by atoms with E-state index in [9.17, 15) is 9.59 Å². The van der Waals surface area contributed by atoms with Gasteiger partial charge in [0.25, 0.3) is 5.91 Å². The molecule has 0 radical (unpaired) electrons. The number of esters is 1. The van der Waals surface area contributed by atoms with Crippen LogP contribution in [0.25, 0.3) is 0 Å². The van der Waals surface area contributed by atoms with Crippen molar-refractivity contribution in [2.75, 3.05) is 18.1 Å². The molecule has 1 aromatic rings. The van der Waals surface area contributed by atoms with Crippen LogP contribution in [0.1, 0.15) is 39.2 Å². The van der Waals surface area contributed by atoms with Gasteiger partial charge in [-0.15, -0.1) is 0 Å². The predicted octanol–water partition coefficient (Wildman–Crippen LogP) is 2.84. The second-order valence-electron chi connectivity index (χ2n) is 6.05. The van der Waals surface area contributed by atoms with Crippen molar-refractivity contribution < 1.29 is 19.1 Å². The third kappa shape index (κ3) is 3.40. The monoisotopic (exact) mass is 305 g/mol. The predicted molar refractivity (Wildman–Crippen MR) is 84.1 cm³/mol. The summed E-state index contributed by atoms with van der Waals surface area (Å²) in [5.41, 5.74) is 0.627. The van der Waals surface area contributed by atoms with Crippen molar-refractivity contribution in [2.24, 2.45) is 0 Å². The summed E-state index contributed by atoms with van der Waals surface area (Å²) in [4.78, 5) is 26.0. The highest BCUT2D eigenvalue weighted by atomic mass is 16.5. The number of benzene rings is 1. The minimum atomic E-state index is -0.994.